The minimum Gasteiger partial charge on any atom is -0.480 e. The Bertz CT molecular complexity index is 492. The second-order valence-corrected chi connectivity index (χ2v) is 7.47. The van der Waals surface area contributed by atoms with Crippen LogP contribution in [0, 0.1) is 0 Å². The van der Waals surface area contributed by atoms with Gasteiger partial charge in [-0.15, -0.1) is 11.3 Å². The maximum atomic E-state index is 11.7. The van der Waals surface area contributed by atoms with Crippen LogP contribution in [0.3, 0.4) is 0 Å². The maximum absolute atomic E-state index is 11.7. The molecule has 1 atom stereocenters. The fourth-order valence-corrected chi connectivity index (χ4v) is 3.78. The second-order valence-electron chi connectivity index (χ2n) is 6.61. The smallest absolute Gasteiger partial charge is 0.324 e. The van der Waals surface area contributed by atoms with Crippen LogP contribution in [0.15, 0.2) is 5.38 Å². The second kappa shape index (κ2) is 5.45. The number of aromatic nitrogens is 1. The van der Waals surface area contributed by atoms with Crippen LogP contribution in [0.2, 0.25) is 0 Å². The van der Waals surface area contributed by atoms with Crippen LogP contribution < -0.4 is 0 Å². The first-order chi connectivity index (χ1) is 9.29. The van der Waals surface area contributed by atoms with Crippen LogP contribution in [0.4, 0.5) is 0 Å². The topological polar surface area (TPSA) is 53.4 Å². The van der Waals surface area contributed by atoms with Crippen LogP contribution in [-0.4, -0.2) is 33.0 Å². The van der Waals surface area contributed by atoms with Crippen molar-refractivity contribution in [3.05, 3.63) is 16.1 Å². The fourth-order valence-electron chi connectivity index (χ4n) is 2.88. The first kappa shape index (κ1) is 15.4. The highest BCUT2D eigenvalue weighted by Gasteiger charge is 2.46. The zero-order valence-electron chi connectivity index (χ0n) is 12.8. The molecule has 5 heteroatoms. The van der Waals surface area contributed by atoms with Crippen molar-refractivity contribution >= 4 is 17.3 Å². The Morgan fingerprint density at radius 3 is 2.75 bits per heavy atom. The van der Waals surface area contributed by atoms with Crippen molar-refractivity contribution in [2.45, 2.75) is 64.5 Å². The van der Waals surface area contributed by atoms with Gasteiger partial charge in [-0.05, 0) is 25.8 Å². The molecule has 1 aromatic heterocycles. The lowest BCUT2D eigenvalue weighted by molar-refractivity contribution is -0.150. The fraction of sp³-hybridized carbons (Fsp3) is 0.733. The molecule has 2 heterocycles. The van der Waals surface area contributed by atoms with E-state index >= 15 is 0 Å². The summed E-state index contributed by atoms with van der Waals surface area (Å²) in [6, 6.07) is 0. The molecule has 1 aromatic rings. The standard InChI is InChI=1S/C15H24N2O2S/c1-5-15(13(18)19)7-6-8-17(15)9-11-10-20-12(16-11)14(2,3)4/h10H,5-9H2,1-4H3,(H,18,19). The summed E-state index contributed by atoms with van der Waals surface area (Å²) in [6.07, 6.45) is 2.35. The summed E-state index contributed by atoms with van der Waals surface area (Å²) in [5.74, 6) is -0.691. The molecule has 1 aliphatic heterocycles. The molecule has 0 aromatic carbocycles. The lowest BCUT2D eigenvalue weighted by Crippen LogP contribution is -2.49. The molecule has 1 saturated heterocycles. The van der Waals surface area contributed by atoms with Gasteiger partial charge in [0, 0.05) is 17.3 Å². The Kier molecular flexibility index (Phi) is 4.21. The van der Waals surface area contributed by atoms with E-state index in [1.165, 1.54) is 0 Å². The molecule has 0 radical (unpaired) electrons. The molecule has 1 aliphatic rings. The quantitative estimate of drug-likeness (QED) is 0.926. The van der Waals surface area contributed by atoms with E-state index in [0.717, 1.165) is 30.1 Å². The summed E-state index contributed by atoms with van der Waals surface area (Å²) in [5.41, 5.74) is 0.370. The summed E-state index contributed by atoms with van der Waals surface area (Å²) in [5, 5.41) is 12.8. The molecular formula is C15H24N2O2S. The van der Waals surface area contributed by atoms with Gasteiger partial charge >= 0.3 is 5.97 Å². The molecule has 1 fully saturated rings. The molecule has 20 heavy (non-hydrogen) atoms. The van der Waals surface area contributed by atoms with Gasteiger partial charge < -0.3 is 5.11 Å². The van der Waals surface area contributed by atoms with E-state index in [2.05, 4.69) is 36.0 Å². The molecule has 0 spiro atoms. The molecule has 1 N–H and O–H groups in total. The lowest BCUT2D eigenvalue weighted by atomic mass is 9.93. The van der Waals surface area contributed by atoms with E-state index in [0.29, 0.717) is 13.0 Å². The number of aliphatic carboxylic acids is 1. The molecule has 4 nitrogen and oxygen atoms in total. The zero-order chi connectivity index (χ0) is 15.0. The highest BCUT2D eigenvalue weighted by Crippen LogP contribution is 2.35. The minimum atomic E-state index is -0.691. The predicted octanol–water partition coefficient (Wildman–Crippen LogP) is 3.27. The number of carboxylic acids is 1. The molecule has 0 aliphatic carbocycles. The van der Waals surface area contributed by atoms with Gasteiger partial charge in [0.15, 0.2) is 0 Å². The van der Waals surface area contributed by atoms with E-state index < -0.39 is 11.5 Å². The van der Waals surface area contributed by atoms with E-state index in [1.54, 1.807) is 11.3 Å². The molecule has 0 bridgehead atoms. The Balaban J connectivity index is 2.17. The summed E-state index contributed by atoms with van der Waals surface area (Å²) >= 11 is 1.67. The third-order valence-electron chi connectivity index (χ3n) is 4.15. The van der Waals surface area contributed by atoms with Gasteiger partial charge in [-0.1, -0.05) is 27.7 Å². The molecule has 0 amide bonds. The van der Waals surface area contributed by atoms with Gasteiger partial charge in [0.1, 0.15) is 5.54 Å². The number of carbonyl (C=O) groups is 1. The third kappa shape index (κ3) is 2.74. The average molecular weight is 296 g/mol. The van der Waals surface area contributed by atoms with Gasteiger partial charge in [-0.25, -0.2) is 4.98 Å². The van der Waals surface area contributed by atoms with Crippen LogP contribution in [0.1, 0.15) is 57.7 Å². The minimum absolute atomic E-state index is 0.0581. The number of hydrogen-bond donors (Lipinski definition) is 1. The van der Waals surface area contributed by atoms with Gasteiger partial charge in [0.05, 0.1) is 10.7 Å². The van der Waals surface area contributed by atoms with E-state index in [4.69, 9.17) is 0 Å². The molecule has 0 saturated carbocycles. The van der Waals surface area contributed by atoms with E-state index in [9.17, 15) is 9.90 Å². The maximum Gasteiger partial charge on any atom is 0.324 e. The highest BCUT2D eigenvalue weighted by molar-refractivity contribution is 7.09. The first-order valence-electron chi connectivity index (χ1n) is 7.23. The molecule has 2 rings (SSSR count). The number of hydrogen-bond acceptors (Lipinski definition) is 4. The summed E-state index contributed by atoms with van der Waals surface area (Å²) in [4.78, 5) is 18.4. The number of likely N-dealkylation sites (tertiary alicyclic amines) is 1. The van der Waals surface area contributed by atoms with Crippen LogP contribution in [0.5, 0.6) is 0 Å². The van der Waals surface area contributed by atoms with Crippen molar-refractivity contribution < 1.29 is 9.90 Å². The average Bonchev–Trinajstić information content (AvgIpc) is 2.96. The van der Waals surface area contributed by atoms with Crippen LogP contribution in [0.25, 0.3) is 0 Å². The third-order valence-corrected chi connectivity index (χ3v) is 5.47. The number of carboxylic acid groups (broad SMARTS) is 1. The Hall–Kier alpha value is -0.940. The SMILES string of the molecule is CCC1(C(=O)O)CCCN1Cc1csc(C(C)(C)C)n1. The highest BCUT2D eigenvalue weighted by atomic mass is 32.1. The summed E-state index contributed by atoms with van der Waals surface area (Å²) in [7, 11) is 0. The number of rotatable bonds is 4. The number of thiazole rings is 1. The molecule has 112 valence electrons. The number of nitrogens with zero attached hydrogens (tertiary/aromatic N) is 2. The summed E-state index contributed by atoms with van der Waals surface area (Å²) < 4.78 is 0. The van der Waals surface area contributed by atoms with Crippen LogP contribution in [-0.2, 0) is 16.8 Å². The Morgan fingerprint density at radius 2 is 2.25 bits per heavy atom. The van der Waals surface area contributed by atoms with Crippen molar-refractivity contribution in [1.29, 1.82) is 0 Å². The van der Waals surface area contributed by atoms with Gasteiger partial charge in [0.25, 0.3) is 0 Å². The van der Waals surface area contributed by atoms with Crippen molar-refractivity contribution in [3.63, 3.8) is 0 Å². The van der Waals surface area contributed by atoms with Gasteiger partial charge in [-0.3, -0.25) is 9.69 Å². The monoisotopic (exact) mass is 296 g/mol. The lowest BCUT2D eigenvalue weighted by Gasteiger charge is -2.33. The first-order valence-corrected chi connectivity index (χ1v) is 8.11. The normalized spacial score (nSPS) is 24.2. The Morgan fingerprint density at radius 1 is 1.55 bits per heavy atom. The Labute approximate surface area is 124 Å². The van der Waals surface area contributed by atoms with Gasteiger partial charge in [0.2, 0.25) is 0 Å². The van der Waals surface area contributed by atoms with Crippen molar-refractivity contribution in [3.8, 4) is 0 Å². The van der Waals surface area contributed by atoms with Crippen molar-refractivity contribution in [1.82, 2.24) is 9.88 Å². The van der Waals surface area contributed by atoms with E-state index in [1.807, 2.05) is 6.92 Å². The summed E-state index contributed by atoms with van der Waals surface area (Å²) in [6.45, 7) is 9.92. The zero-order valence-corrected chi connectivity index (χ0v) is 13.6. The van der Waals surface area contributed by atoms with E-state index in [-0.39, 0.29) is 5.41 Å². The van der Waals surface area contributed by atoms with Crippen LogP contribution >= 0.6 is 11.3 Å². The predicted molar refractivity (Wildman–Crippen MR) is 81.1 cm³/mol. The van der Waals surface area contributed by atoms with Gasteiger partial charge in [-0.2, -0.15) is 0 Å². The molecular weight excluding hydrogens is 272 g/mol. The van der Waals surface area contributed by atoms with Crippen molar-refractivity contribution in [2.24, 2.45) is 0 Å². The molecule has 1 unspecified atom stereocenters. The van der Waals surface area contributed by atoms with Crippen molar-refractivity contribution in [2.75, 3.05) is 6.54 Å². The largest absolute Gasteiger partial charge is 0.480 e.